The van der Waals surface area contributed by atoms with Crippen LogP contribution in [-0.2, 0) is 24.8 Å². The van der Waals surface area contributed by atoms with Crippen LogP contribution in [0.2, 0.25) is 20.1 Å². The molecular weight excluding hydrogens is 591 g/mol. The van der Waals surface area contributed by atoms with E-state index in [9.17, 15) is 27.9 Å². The molecule has 0 saturated heterocycles. The van der Waals surface area contributed by atoms with Gasteiger partial charge >= 0.3 is 6.18 Å². The van der Waals surface area contributed by atoms with Crippen molar-refractivity contribution in [2.75, 3.05) is 6.61 Å². The summed E-state index contributed by atoms with van der Waals surface area (Å²) >= 11 is 24.7. The molecule has 2 aromatic carbocycles. The van der Waals surface area contributed by atoms with Crippen molar-refractivity contribution in [3.8, 4) is 0 Å². The first-order chi connectivity index (χ1) is 17.9. The zero-order chi connectivity index (χ0) is 27.8. The summed E-state index contributed by atoms with van der Waals surface area (Å²) in [4.78, 5) is 30.6. The molecule has 0 bridgehead atoms. The van der Waals surface area contributed by atoms with Crippen LogP contribution >= 0.6 is 46.4 Å². The van der Waals surface area contributed by atoms with Crippen molar-refractivity contribution in [2.24, 2.45) is 0 Å². The number of aliphatic hydroxyl groups excluding tert-OH is 1. The van der Waals surface area contributed by atoms with Crippen LogP contribution in [0.15, 0.2) is 48.6 Å². The number of carbonyl (C=O) groups excluding carboxylic acids is 2. The average molecular weight is 608 g/mol. The minimum absolute atomic E-state index is 0.0364. The predicted octanol–water partition coefficient (Wildman–Crippen LogP) is 5.63. The Morgan fingerprint density at radius 1 is 0.947 bits per heavy atom. The maximum absolute atomic E-state index is 14.0. The van der Waals surface area contributed by atoms with Crippen molar-refractivity contribution in [1.29, 1.82) is 0 Å². The Morgan fingerprint density at radius 2 is 1.42 bits per heavy atom. The fraction of sp³-hybridized carbons (Fsp3) is 0.208. The van der Waals surface area contributed by atoms with Gasteiger partial charge in [0, 0.05) is 19.6 Å². The molecule has 7 nitrogen and oxygen atoms in total. The average Bonchev–Trinajstić information content (AvgIpc) is 3.20. The van der Waals surface area contributed by atoms with Crippen molar-refractivity contribution in [1.82, 2.24) is 20.2 Å². The Morgan fingerprint density at radius 3 is 1.84 bits per heavy atom. The molecule has 0 spiro atoms. The molecule has 14 heteroatoms. The Balaban J connectivity index is 1.91. The quantitative estimate of drug-likeness (QED) is 0.250. The molecule has 3 N–H and O–H groups in total. The molecule has 3 aromatic rings. The maximum atomic E-state index is 14.0. The van der Waals surface area contributed by atoms with E-state index in [0.717, 1.165) is 4.57 Å². The Labute approximate surface area is 234 Å². The monoisotopic (exact) mass is 606 g/mol. The largest absolute Gasteiger partial charge is 0.435 e. The number of rotatable bonds is 6. The number of nitrogens with zero attached hydrogens (tertiary/aromatic N) is 2. The molecular formula is C24H17Cl4F3N4O3. The topological polar surface area (TPSA) is 96.3 Å². The van der Waals surface area contributed by atoms with Gasteiger partial charge in [0.2, 0.25) is 0 Å². The van der Waals surface area contributed by atoms with Crippen LogP contribution < -0.4 is 10.6 Å². The number of imidazole rings is 1. The van der Waals surface area contributed by atoms with Crippen LogP contribution in [0.3, 0.4) is 0 Å². The second-order valence-electron chi connectivity index (χ2n) is 8.12. The molecule has 1 aliphatic heterocycles. The van der Waals surface area contributed by atoms with Crippen molar-refractivity contribution < 1.29 is 27.9 Å². The number of nitrogens with one attached hydrogen (secondary N) is 2. The van der Waals surface area contributed by atoms with E-state index in [1.165, 1.54) is 48.6 Å². The highest BCUT2D eigenvalue weighted by molar-refractivity contribution is 6.40. The smallest absolute Gasteiger partial charge is 0.396 e. The first kappa shape index (κ1) is 28.3. The number of halogens is 7. The Bertz CT molecular complexity index is 1350. The molecule has 0 saturated carbocycles. The molecule has 1 aliphatic rings. The van der Waals surface area contributed by atoms with Crippen LogP contribution in [0.1, 0.15) is 37.9 Å². The normalized spacial score (nSPS) is 14.2. The minimum atomic E-state index is -4.90. The summed E-state index contributed by atoms with van der Waals surface area (Å²) in [6.45, 7) is -0.685. The molecule has 38 heavy (non-hydrogen) atoms. The summed E-state index contributed by atoms with van der Waals surface area (Å²) in [5.41, 5.74) is -4.10. The molecule has 4 rings (SSSR count). The van der Waals surface area contributed by atoms with E-state index in [-0.39, 0.29) is 55.7 Å². The van der Waals surface area contributed by atoms with Gasteiger partial charge in [0.25, 0.3) is 11.8 Å². The Hall–Kier alpha value is -2.76. The third-order valence-electron chi connectivity index (χ3n) is 5.70. The number of allylic oxidation sites excluding steroid dienone is 1. The van der Waals surface area contributed by atoms with E-state index in [1.54, 1.807) is 0 Å². The van der Waals surface area contributed by atoms with Crippen molar-refractivity contribution in [2.45, 2.75) is 24.8 Å². The third kappa shape index (κ3) is 5.23. The SMILES string of the molecule is O=C(NC1(NC(=O)c2c(Cl)cccc2Cl)C=CCn2c1nc(C(F)(F)F)c2CCO)c1c(Cl)cccc1Cl. The Kier molecular flexibility index (Phi) is 8.02. The second-order valence-corrected chi connectivity index (χ2v) is 9.75. The molecule has 0 atom stereocenters. The number of fused-ring (bicyclic) bond motifs is 1. The lowest BCUT2D eigenvalue weighted by molar-refractivity contribution is -0.141. The predicted molar refractivity (Wildman–Crippen MR) is 137 cm³/mol. The van der Waals surface area contributed by atoms with Gasteiger partial charge in [-0.1, -0.05) is 64.6 Å². The number of amides is 2. The van der Waals surface area contributed by atoms with E-state index in [4.69, 9.17) is 46.4 Å². The lowest BCUT2D eigenvalue weighted by Gasteiger charge is -2.35. The van der Waals surface area contributed by atoms with Gasteiger partial charge in [-0.05, 0) is 30.3 Å². The molecule has 0 unspecified atom stereocenters. The van der Waals surface area contributed by atoms with E-state index in [0.29, 0.717) is 0 Å². The number of aromatic nitrogens is 2. The molecule has 0 fully saturated rings. The fourth-order valence-corrected chi connectivity index (χ4v) is 5.26. The van der Waals surface area contributed by atoms with Crippen LogP contribution in [0, 0.1) is 0 Å². The van der Waals surface area contributed by atoms with Crippen LogP contribution in [-0.4, -0.2) is 33.1 Å². The molecule has 200 valence electrons. The van der Waals surface area contributed by atoms with Crippen molar-refractivity contribution >= 4 is 58.2 Å². The van der Waals surface area contributed by atoms with Gasteiger partial charge in [0.15, 0.2) is 17.2 Å². The number of benzene rings is 2. The van der Waals surface area contributed by atoms with E-state index in [1.807, 2.05) is 0 Å². The number of hydrogen-bond acceptors (Lipinski definition) is 4. The number of aliphatic hydroxyl groups is 1. The van der Waals surface area contributed by atoms with E-state index < -0.39 is 36.0 Å². The summed E-state index contributed by atoms with van der Waals surface area (Å²) < 4.78 is 43.0. The second kappa shape index (κ2) is 10.8. The lowest BCUT2D eigenvalue weighted by Crippen LogP contribution is -2.59. The van der Waals surface area contributed by atoms with Crippen LogP contribution in [0.4, 0.5) is 13.2 Å². The van der Waals surface area contributed by atoms with Gasteiger partial charge in [-0.3, -0.25) is 9.59 Å². The van der Waals surface area contributed by atoms with Gasteiger partial charge in [-0.25, -0.2) is 4.98 Å². The van der Waals surface area contributed by atoms with Gasteiger partial charge in [0.05, 0.1) is 36.9 Å². The standard InChI is InChI=1S/C24H17Cl4F3N4O3/c25-12-4-1-5-13(26)17(12)20(37)33-23(34-21(38)18-14(27)6-2-7-15(18)28)9-3-10-35-16(8-11-36)19(24(29,30)31)32-22(23)35/h1-7,9,36H,8,10-11H2,(H,33,37)(H,34,38). The minimum Gasteiger partial charge on any atom is -0.396 e. The highest BCUT2D eigenvalue weighted by Crippen LogP contribution is 2.37. The van der Waals surface area contributed by atoms with E-state index >= 15 is 0 Å². The fourth-order valence-electron chi connectivity index (χ4n) is 4.12. The molecule has 0 aliphatic carbocycles. The number of hydrogen-bond donors (Lipinski definition) is 3. The highest BCUT2D eigenvalue weighted by atomic mass is 35.5. The summed E-state index contributed by atoms with van der Waals surface area (Å²) in [5, 5.41) is 14.4. The number of alkyl halides is 3. The van der Waals surface area contributed by atoms with Gasteiger partial charge in [0.1, 0.15) is 0 Å². The number of carbonyl (C=O) groups is 2. The first-order valence-electron chi connectivity index (χ1n) is 10.9. The molecule has 2 heterocycles. The molecule has 1 aromatic heterocycles. The molecule has 0 radical (unpaired) electrons. The summed E-state index contributed by atoms with van der Waals surface area (Å²) in [7, 11) is 0. The summed E-state index contributed by atoms with van der Waals surface area (Å²) in [5.74, 6) is -2.20. The molecule has 2 amide bonds. The summed E-state index contributed by atoms with van der Waals surface area (Å²) in [6, 6.07) is 8.60. The highest BCUT2D eigenvalue weighted by Gasteiger charge is 2.46. The van der Waals surface area contributed by atoms with Gasteiger partial charge in [-0.15, -0.1) is 0 Å². The van der Waals surface area contributed by atoms with Crippen LogP contribution in [0.25, 0.3) is 0 Å². The van der Waals surface area contributed by atoms with Crippen molar-refractivity contribution in [3.63, 3.8) is 0 Å². The maximum Gasteiger partial charge on any atom is 0.435 e. The zero-order valence-electron chi connectivity index (χ0n) is 19.0. The van der Waals surface area contributed by atoms with Crippen molar-refractivity contribution in [3.05, 3.63) is 97.0 Å². The van der Waals surface area contributed by atoms with Crippen LogP contribution in [0.5, 0.6) is 0 Å². The summed E-state index contributed by atoms with van der Waals surface area (Å²) in [6.07, 6.45) is -2.57. The third-order valence-corrected chi connectivity index (χ3v) is 6.96. The van der Waals surface area contributed by atoms with Gasteiger partial charge < -0.3 is 20.3 Å². The first-order valence-corrected chi connectivity index (χ1v) is 12.4. The van der Waals surface area contributed by atoms with E-state index in [2.05, 4.69) is 15.6 Å². The zero-order valence-corrected chi connectivity index (χ0v) is 22.1. The lowest BCUT2D eigenvalue weighted by atomic mass is 10.0. The van der Waals surface area contributed by atoms with Gasteiger partial charge in [-0.2, -0.15) is 13.2 Å².